The molecule has 0 radical (unpaired) electrons. The molecule has 6 nitrogen and oxygen atoms in total. The molecule has 0 bridgehead atoms. The fourth-order valence-electron chi connectivity index (χ4n) is 2.92. The molecule has 3 rings (SSSR count). The minimum Gasteiger partial charge on any atom is -0.368 e. The van der Waals surface area contributed by atoms with Gasteiger partial charge in [-0.2, -0.15) is 0 Å². The third kappa shape index (κ3) is 3.93. The highest BCUT2D eigenvalue weighted by Crippen LogP contribution is 2.21. The molecule has 0 N–H and O–H groups in total. The van der Waals surface area contributed by atoms with Crippen molar-refractivity contribution in [2.24, 2.45) is 0 Å². The first-order chi connectivity index (χ1) is 12.0. The van der Waals surface area contributed by atoms with E-state index in [2.05, 4.69) is 4.90 Å². The van der Waals surface area contributed by atoms with Gasteiger partial charge in [0.05, 0.1) is 11.3 Å². The number of piperazine rings is 1. The summed E-state index contributed by atoms with van der Waals surface area (Å²) in [5.74, 6) is -0.450. The number of anilines is 1. The molecule has 0 saturated carbocycles. The number of hydrogen-bond donors (Lipinski definition) is 0. The maximum absolute atomic E-state index is 13.7. The maximum Gasteiger partial charge on any atom is 0.269 e. The topological polar surface area (TPSA) is 66.7 Å². The Kier molecular flexibility index (Phi) is 4.92. The fourth-order valence-corrected chi connectivity index (χ4v) is 2.92. The molecule has 2 aromatic carbocycles. The number of amides is 1. The summed E-state index contributed by atoms with van der Waals surface area (Å²) in [6.45, 7) is 2.37. The lowest BCUT2D eigenvalue weighted by Crippen LogP contribution is -2.49. The molecule has 1 aliphatic rings. The molecular weight excluding hydrogens is 325 g/mol. The first-order valence-electron chi connectivity index (χ1n) is 8.05. The Hall–Kier alpha value is -2.96. The van der Waals surface area contributed by atoms with Gasteiger partial charge in [-0.1, -0.05) is 18.2 Å². The van der Waals surface area contributed by atoms with E-state index >= 15 is 0 Å². The molecule has 1 heterocycles. The molecule has 0 atom stereocenters. The summed E-state index contributed by atoms with van der Waals surface area (Å²) in [5.41, 5.74) is 1.36. The van der Waals surface area contributed by atoms with Crippen LogP contribution in [0.3, 0.4) is 0 Å². The van der Waals surface area contributed by atoms with E-state index < -0.39 is 4.92 Å². The summed E-state index contributed by atoms with van der Waals surface area (Å²) >= 11 is 0. The van der Waals surface area contributed by atoms with Crippen molar-refractivity contribution >= 4 is 17.3 Å². The number of hydrogen-bond acceptors (Lipinski definition) is 4. The summed E-state index contributed by atoms with van der Waals surface area (Å²) in [6.07, 6.45) is 0.0597. The second kappa shape index (κ2) is 7.29. The molecule has 2 aromatic rings. The van der Waals surface area contributed by atoms with Gasteiger partial charge in [0.1, 0.15) is 5.82 Å². The zero-order chi connectivity index (χ0) is 17.8. The van der Waals surface area contributed by atoms with Crippen LogP contribution in [0.2, 0.25) is 0 Å². The van der Waals surface area contributed by atoms with Gasteiger partial charge in [0.2, 0.25) is 5.91 Å². The van der Waals surface area contributed by atoms with Gasteiger partial charge in [-0.15, -0.1) is 0 Å². The standard InChI is InChI=1S/C18H18FN3O3/c19-17-4-2-1-3-14(17)13-18(23)21-11-9-20(10-12-21)15-5-7-16(8-6-15)22(24)25/h1-8H,9-13H2. The second-order valence-corrected chi connectivity index (χ2v) is 5.91. The summed E-state index contributed by atoms with van der Waals surface area (Å²) in [5, 5.41) is 10.7. The van der Waals surface area contributed by atoms with Crippen LogP contribution in [-0.2, 0) is 11.2 Å². The summed E-state index contributed by atoms with van der Waals surface area (Å²) < 4.78 is 13.7. The third-order valence-electron chi connectivity index (χ3n) is 4.36. The van der Waals surface area contributed by atoms with Crippen molar-refractivity contribution in [3.05, 3.63) is 70.0 Å². The van der Waals surface area contributed by atoms with E-state index in [9.17, 15) is 19.3 Å². The number of nitro benzene ring substituents is 1. The number of carbonyl (C=O) groups excluding carboxylic acids is 1. The van der Waals surface area contributed by atoms with Crippen LogP contribution < -0.4 is 4.90 Å². The van der Waals surface area contributed by atoms with Crippen molar-refractivity contribution in [1.82, 2.24) is 4.90 Å². The Labute approximate surface area is 144 Å². The quantitative estimate of drug-likeness (QED) is 0.632. The van der Waals surface area contributed by atoms with Crippen molar-refractivity contribution in [2.75, 3.05) is 31.1 Å². The van der Waals surface area contributed by atoms with Crippen molar-refractivity contribution in [1.29, 1.82) is 0 Å². The molecule has 0 unspecified atom stereocenters. The van der Waals surface area contributed by atoms with Gasteiger partial charge in [0.25, 0.3) is 5.69 Å². The van der Waals surface area contributed by atoms with Gasteiger partial charge in [-0.3, -0.25) is 14.9 Å². The number of nitrogens with zero attached hydrogens (tertiary/aromatic N) is 3. The van der Waals surface area contributed by atoms with Gasteiger partial charge in [0, 0.05) is 44.0 Å². The summed E-state index contributed by atoms with van der Waals surface area (Å²) in [4.78, 5) is 26.4. The Balaban J connectivity index is 1.57. The third-order valence-corrected chi connectivity index (χ3v) is 4.36. The smallest absolute Gasteiger partial charge is 0.269 e. The van der Waals surface area contributed by atoms with Gasteiger partial charge >= 0.3 is 0 Å². The van der Waals surface area contributed by atoms with Crippen LogP contribution in [-0.4, -0.2) is 41.9 Å². The van der Waals surface area contributed by atoms with Gasteiger partial charge in [-0.25, -0.2) is 4.39 Å². The van der Waals surface area contributed by atoms with E-state index in [0.717, 1.165) is 5.69 Å². The molecule has 25 heavy (non-hydrogen) atoms. The molecular formula is C18H18FN3O3. The average Bonchev–Trinajstić information content (AvgIpc) is 2.64. The fraction of sp³-hybridized carbons (Fsp3) is 0.278. The molecule has 1 fully saturated rings. The zero-order valence-electron chi connectivity index (χ0n) is 13.6. The molecule has 0 spiro atoms. The molecule has 0 aliphatic carbocycles. The highest BCUT2D eigenvalue weighted by Gasteiger charge is 2.22. The lowest BCUT2D eigenvalue weighted by Gasteiger charge is -2.36. The van der Waals surface area contributed by atoms with Crippen molar-refractivity contribution in [3.8, 4) is 0 Å². The van der Waals surface area contributed by atoms with E-state index in [1.807, 2.05) is 0 Å². The van der Waals surface area contributed by atoms with E-state index in [4.69, 9.17) is 0 Å². The predicted molar refractivity (Wildman–Crippen MR) is 92.0 cm³/mol. The van der Waals surface area contributed by atoms with Crippen LogP contribution in [0.1, 0.15) is 5.56 Å². The molecule has 0 aromatic heterocycles. The number of halogens is 1. The van der Waals surface area contributed by atoms with E-state index in [1.54, 1.807) is 35.2 Å². The van der Waals surface area contributed by atoms with Crippen LogP contribution in [0.25, 0.3) is 0 Å². The first kappa shape index (κ1) is 16.9. The summed E-state index contributed by atoms with van der Waals surface area (Å²) in [6, 6.07) is 12.7. The maximum atomic E-state index is 13.7. The minimum atomic E-state index is -0.427. The van der Waals surface area contributed by atoms with E-state index in [0.29, 0.717) is 31.7 Å². The monoisotopic (exact) mass is 343 g/mol. The molecule has 1 aliphatic heterocycles. The number of nitro groups is 1. The molecule has 130 valence electrons. The molecule has 1 saturated heterocycles. The second-order valence-electron chi connectivity index (χ2n) is 5.91. The van der Waals surface area contributed by atoms with Crippen molar-refractivity contribution < 1.29 is 14.1 Å². The predicted octanol–water partition coefficient (Wildman–Crippen LogP) is 2.63. The number of carbonyl (C=O) groups is 1. The van der Waals surface area contributed by atoms with Crippen LogP contribution >= 0.6 is 0 Å². The lowest BCUT2D eigenvalue weighted by atomic mass is 10.1. The Morgan fingerprint density at radius 1 is 1.04 bits per heavy atom. The normalized spacial score (nSPS) is 14.4. The van der Waals surface area contributed by atoms with Crippen molar-refractivity contribution in [3.63, 3.8) is 0 Å². The molecule has 1 amide bonds. The van der Waals surface area contributed by atoms with Gasteiger partial charge < -0.3 is 9.80 Å². The number of benzene rings is 2. The highest BCUT2D eigenvalue weighted by molar-refractivity contribution is 5.79. The van der Waals surface area contributed by atoms with Crippen LogP contribution in [0, 0.1) is 15.9 Å². The largest absolute Gasteiger partial charge is 0.368 e. The SMILES string of the molecule is O=C(Cc1ccccc1F)N1CCN(c2ccc([N+](=O)[O-])cc2)CC1. The Morgan fingerprint density at radius 3 is 2.28 bits per heavy atom. The first-order valence-corrected chi connectivity index (χ1v) is 8.05. The average molecular weight is 343 g/mol. The molecule has 7 heteroatoms. The van der Waals surface area contributed by atoms with Crippen molar-refractivity contribution in [2.45, 2.75) is 6.42 Å². The van der Waals surface area contributed by atoms with Gasteiger partial charge in [0.15, 0.2) is 0 Å². The Morgan fingerprint density at radius 2 is 1.68 bits per heavy atom. The Bertz CT molecular complexity index is 771. The van der Waals surface area contributed by atoms with Crippen LogP contribution in [0.5, 0.6) is 0 Å². The van der Waals surface area contributed by atoms with E-state index in [1.165, 1.54) is 18.2 Å². The van der Waals surface area contributed by atoms with Crippen LogP contribution in [0.15, 0.2) is 48.5 Å². The van der Waals surface area contributed by atoms with E-state index in [-0.39, 0.29) is 23.8 Å². The summed E-state index contributed by atoms with van der Waals surface area (Å²) in [7, 11) is 0. The minimum absolute atomic E-state index is 0.0578. The lowest BCUT2D eigenvalue weighted by molar-refractivity contribution is -0.384. The zero-order valence-corrected chi connectivity index (χ0v) is 13.6. The number of non-ortho nitro benzene ring substituents is 1. The van der Waals surface area contributed by atoms with Crippen LogP contribution in [0.4, 0.5) is 15.8 Å². The number of rotatable bonds is 4. The highest BCUT2D eigenvalue weighted by atomic mass is 19.1. The van der Waals surface area contributed by atoms with Gasteiger partial charge in [-0.05, 0) is 23.8 Å².